The molecule has 2 aliphatic rings. The van der Waals surface area contributed by atoms with Gasteiger partial charge in [-0.25, -0.2) is 9.18 Å². The Labute approximate surface area is 158 Å². The first-order valence-electron chi connectivity index (χ1n) is 8.17. The molecule has 1 amide bonds. The first-order valence-corrected chi connectivity index (χ1v) is 10.1. The van der Waals surface area contributed by atoms with E-state index < -0.39 is 28.8 Å². The van der Waals surface area contributed by atoms with Crippen molar-refractivity contribution in [3.63, 3.8) is 0 Å². The Kier molecular flexibility index (Phi) is 5.92. The van der Waals surface area contributed by atoms with Gasteiger partial charge in [-0.1, -0.05) is 0 Å². The third kappa shape index (κ3) is 4.24. The lowest BCUT2D eigenvalue weighted by Gasteiger charge is -2.29. The molecule has 0 radical (unpaired) electrons. The number of thiocarbonyl (C=S) groups is 1. The van der Waals surface area contributed by atoms with Crippen LogP contribution in [0.4, 0.5) is 20.6 Å². The van der Waals surface area contributed by atoms with Crippen LogP contribution in [0, 0.1) is 5.82 Å². The second-order valence-corrected chi connectivity index (χ2v) is 8.03. The van der Waals surface area contributed by atoms with Crippen molar-refractivity contribution in [1.29, 1.82) is 0 Å². The summed E-state index contributed by atoms with van der Waals surface area (Å²) in [6.45, 7) is 1.73. The molecular weight excluding hydrogens is 381 g/mol. The maximum absolute atomic E-state index is 14.6. The molecule has 1 aromatic carbocycles. The van der Waals surface area contributed by atoms with Gasteiger partial charge >= 0.3 is 6.09 Å². The Balaban J connectivity index is 1.66. The molecule has 1 atom stereocenters. The van der Waals surface area contributed by atoms with E-state index in [4.69, 9.17) is 21.7 Å². The number of amides is 1. The molecule has 1 aromatic rings. The second-order valence-electron chi connectivity index (χ2n) is 5.96. The standard InChI is InChI=1S/C16H20FN3O4S2/c1-23-15(25)18-9-12-10-20(16(21)24-12)11-2-3-14(13(17)8-11)19-4-6-26(22)7-5-19/h2-3,8,12H,4-7,9-10H2,1H3,(H,18,25). The molecule has 7 nitrogen and oxygen atoms in total. The molecule has 0 aliphatic carbocycles. The van der Waals surface area contributed by atoms with Crippen LogP contribution in [0.15, 0.2) is 18.2 Å². The van der Waals surface area contributed by atoms with Gasteiger partial charge in [-0.2, -0.15) is 0 Å². The molecular formula is C16H20FN3O4S2. The van der Waals surface area contributed by atoms with Gasteiger partial charge in [0.15, 0.2) is 0 Å². The summed E-state index contributed by atoms with van der Waals surface area (Å²) in [5.74, 6) is 0.667. The van der Waals surface area contributed by atoms with E-state index in [1.807, 2.05) is 4.90 Å². The summed E-state index contributed by atoms with van der Waals surface area (Å²) in [4.78, 5) is 15.3. The number of anilines is 2. The molecule has 1 unspecified atom stereocenters. The predicted molar refractivity (Wildman–Crippen MR) is 102 cm³/mol. The summed E-state index contributed by atoms with van der Waals surface area (Å²) in [6.07, 6.45) is -0.934. The first kappa shape index (κ1) is 18.8. The fourth-order valence-electron chi connectivity index (χ4n) is 2.91. The van der Waals surface area contributed by atoms with E-state index in [0.717, 1.165) is 0 Å². The number of halogens is 1. The topological polar surface area (TPSA) is 71.1 Å². The average Bonchev–Trinajstić information content (AvgIpc) is 3.01. The minimum absolute atomic E-state index is 0.220. The van der Waals surface area contributed by atoms with E-state index in [-0.39, 0.29) is 5.17 Å². The fraction of sp³-hybridized carbons (Fsp3) is 0.500. The number of hydrogen-bond donors (Lipinski definition) is 1. The molecule has 3 rings (SSSR count). The van der Waals surface area contributed by atoms with E-state index in [1.165, 1.54) is 18.1 Å². The van der Waals surface area contributed by atoms with E-state index in [1.54, 1.807) is 12.1 Å². The van der Waals surface area contributed by atoms with Crippen molar-refractivity contribution < 1.29 is 22.9 Å². The zero-order valence-corrected chi connectivity index (χ0v) is 15.9. The number of carbonyl (C=O) groups is 1. The number of hydrogen-bond acceptors (Lipinski definition) is 6. The summed E-state index contributed by atoms with van der Waals surface area (Å²) in [5.41, 5.74) is 0.898. The molecule has 142 valence electrons. The average molecular weight is 401 g/mol. The lowest BCUT2D eigenvalue weighted by molar-refractivity contribution is 0.142. The van der Waals surface area contributed by atoms with E-state index in [0.29, 0.717) is 49.1 Å². The van der Waals surface area contributed by atoms with Gasteiger partial charge in [0.2, 0.25) is 0 Å². The zero-order chi connectivity index (χ0) is 18.7. The highest BCUT2D eigenvalue weighted by Gasteiger charge is 2.33. The van der Waals surface area contributed by atoms with Crippen LogP contribution in [0.3, 0.4) is 0 Å². The van der Waals surface area contributed by atoms with Crippen molar-refractivity contribution in [2.45, 2.75) is 6.10 Å². The Morgan fingerprint density at radius 1 is 1.46 bits per heavy atom. The van der Waals surface area contributed by atoms with Crippen LogP contribution in [0.1, 0.15) is 0 Å². The van der Waals surface area contributed by atoms with Crippen LogP contribution in [0.2, 0.25) is 0 Å². The lowest BCUT2D eigenvalue weighted by atomic mass is 10.2. The quantitative estimate of drug-likeness (QED) is 0.761. The summed E-state index contributed by atoms with van der Waals surface area (Å²) < 4.78 is 36.1. The molecule has 0 saturated carbocycles. The molecule has 26 heavy (non-hydrogen) atoms. The molecule has 1 N–H and O–H groups in total. The SMILES string of the molecule is COC(=S)NCC1CN(c2ccc(N3CCS(=O)CC3)c(F)c2)C(=O)O1. The molecule has 2 saturated heterocycles. The van der Waals surface area contributed by atoms with Crippen LogP contribution in [-0.4, -0.2) is 66.4 Å². The molecule has 0 aromatic heterocycles. The van der Waals surface area contributed by atoms with E-state index in [2.05, 4.69) is 5.32 Å². The third-order valence-electron chi connectivity index (χ3n) is 4.29. The minimum Gasteiger partial charge on any atom is -0.474 e. The number of nitrogens with zero attached hydrogens (tertiary/aromatic N) is 2. The Morgan fingerprint density at radius 3 is 2.85 bits per heavy atom. The van der Waals surface area contributed by atoms with Crippen molar-refractivity contribution in [2.75, 3.05) is 54.6 Å². The van der Waals surface area contributed by atoms with Gasteiger partial charge in [-0.15, -0.1) is 0 Å². The molecule has 0 spiro atoms. The maximum atomic E-state index is 14.6. The van der Waals surface area contributed by atoms with Crippen LogP contribution in [-0.2, 0) is 20.3 Å². The smallest absolute Gasteiger partial charge is 0.414 e. The number of ether oxygens (including phenoxy) is 2. The van der Waals surface area contributed by atoms with Crippen molar-refractivity contribution >= 4 is 45.7 Å². The second kappa shape index (κ2) is 8.17. The van der Waals surface area contributed by atoms with Gasteiger partial charge in [0.1, 0.15) is 11.9 Å². The van der Waals surface area contributed by atoms with Gasteiger partial charge < -0.3 is 19.7 Å². The zero-order valence-electron chi connectivity index (χ0n) is 14.3. The highest BCUT2D eigenvalue weighted by molar-refractivity contribution is 7.85. The monoisotopic (exact) mass is 401 g/mol. The van der Waals surface area contributed by atoms with Gasteiger partial charge in [-0.05, 0) is 30.4 Å². The van der Waals surface area contributed by atoms with E-state index in [9.17, 15) is 13.4 Å². The first-order chi connectivity index (χ1) is 12.5. The van der Waals surface area contributed by atoms with Gasteiger partial charge in [0.25, 0.3) is 5.17 Å². The molecule has 2 aliphatic heterocycles. The number of cyclic esters (lactones) is 1. The van der Waals surface area contributed by atoms with Crippen molar-refractivity contribution in [3.05, 3.63) is 24.0 Å². The number of carbonyl (C=O) groups excluding carboxylic acids is 1. The maximum Gasteiger partial charge on any atom is 0.414 e. The molecule has 0 bridgehead atoms. The van der Waals surface area contributed by atoms with Gasteiger partial charge in [0, 0.05) is 35.4 Å². The lowest BCUT2D eigenvalue weighted by Crippen LogP contribution is -2.38. The normalized spacial score (nSPS) is 20.8. The highest BCUT2D eigenvalue weighted by Crippen LogP contribution is 2.28. The largest absolute Gasteiger partial charge is 0.474 e. The third-order valence-corrected chi connectivity index (χ3v) is 5.88. The van der Waals surface area contributed by atoms with Crippen molar-refractivity contribution in [3.8, 4) is 0 Å². The van der Waals surface area contributed by atoms with Crippen LogP contribution >= 0.6 is 12.2 Å². The summed E-state index contributed by atoms with van der Waals surface area (Å²) in [5, 5.41) is 3.05. The van der Waals surface area contributed by atoms with Crippen LogP contribution in [0.5, 0.6) is 0 Å². The number of rotatable bonds is 4. The number of nitrogens with one attached hydrogen (secondary N) is 1. The van der Waals surface area contributed by atoms with Crippen LogP contribution < -0.4 is 15.1 Å². The van der Waals surface area contributed by atoms with Gasteiger partial charge in [0.05, 0.1) is 31.6 Å². The Hall–Kier alpha value is -1.94. The minimum atomic E-state index is -0.820. The highest BCUT2D eigenvalue weighted by atomic mass is 32.2. The van der Waals surface area contributed by atoms with E-state index >= 15 is 0 Å². The molecule has 10 heteroatoms. The number of benzene rings is 1. The Bertz CT molecular complexity index is 723. The molecule has 2 heterocycles. The fourth-order valence-corrected chi connectivity index (χ4v) is 4.04. The van der Waals surface area contributed by atoms with Crippen molar-refractivity contribution in [2.24, 2.45) is 0 Å². The Morgan fingerprint density at radius 2 is 2.19 bits per heavy atom. The summed E-state index contributed by atoms with van der Waals surface area (Å²) in [6, 6.07) is 4.68. The number of methoxy groups -OCH3 is 1. The molecule has 2 fully saturated rings. The summed E-state index contributed by atoms with van der Waals surface area (Å²) in [7, 11) is 0.631. The van der Waals surface area contributed by atoms with Crippen LogP contribution in [0.25, 0.3) is 0 Å². The van der Waals surface area contributed by atoms with Crippen molar-refractivity contribution in [1.82, 2.24) is 5.32 Å². The van der Waals surface area contributed by atoms with Gasteiger partial charge in [-0.3, -0.25) is 9.11 Å². The predicted octanol–water partition coefficient (Wildman–Crippen LogP) is 1.24. The summed E-state index contributed by atoms with van der Waals surface area (Å²) >= 11 is 4.88.